The van der Waals surface area contributed by atoms with Crippen LogP contribution in [0.3, 0.4) is 0 Å². The van der Waals surface area contributed by atoms with Gasteiger partial charge in [0.25, 0.3) is 0 Å². The smallest absolute Gasteiger partial charge is 0.191 e. The Labute approximate surface area is 187 Å². The second-order valence-electron chi connectivity index (χ2n) is 7.88. The second-order valence-corrected chi connectivity index (χ2v) is 7.88. The van der Waals surface area contributed by atoms with E-state index in [9.17, 15) is 5.11 Å². The number of hydrogen-bond donors (Lipinski definition) is 3. The number of nitrogens with zero attached hydrogens (tertiary/aromatic N) is 2. The second kappa shape index (κ2) is 14.2. The standard InChI is InChI=1S/C21H38N4O2.HI/c1-4-22-21(23-15-18(9-12-26)14-17(2)3)24-16-19(20-8-7-13-27-20)25-10-5-6-11-25;/h7-8,13,17-19,26H,4-6,9-12,14-16H2,1-3H3,(H2,22,23,24);1H. The lowest BCUT2D eigenvalue weighted by Crippen LogP contribution is -2.42. The summed E-state index contributed by atoms with van der Waals surface area (Å²) in [5.74, 6) is 2.90. The molecule has 6 nitrogen and oxygen atoms in total. The number of hydrogen-bond acceptors (Lipinski definition) is 4. The van der Waals surface area contributed by atoms with Gasteiger partial charge in [0.05, 0.1) is 12.3 Å². The van der Waals surface area contributed by atoms with Crippen LogP contribution < -0.4 is 10.6 Å². The zero-order valence-electron chi connectivity index (χ0n) is 17.7. The van der Waals surface area contributed by atoms with Gasteiger partial charge in [0.1, 0.15) is 5.76 Å². The quantitative estimate of drug-likeness (QED) is 0.243. The largest absolute Gasteiger partial charge is 0.468 e. The van der Waals surface area contributed by atoms with E-state index in [1.807, 2.05) is 6.07 Å². The van der Waals surface area contributed by atoms with Crippen molar-refractivity contribution in [1.29, 1.82) is 0 Å². The number of aliphatic imine (C=N–C) groups is 1. The minimum atomic E-state index is 0. The van der Waals surface area contributed by atoms with Crippen molar-refractivity contribution < 1.29 is 9.52 Å². The minimum absolute atomic E-state index is 0. The van der Waals surface area contributed by atoms with Gasteiger partial charge in [0.2, 0.25) is 0 Å². The van der Waals surface area contributed by atoms with Crippen LogP contribution in [-0.2, 0) is 0 Å². The molecule has 1 saturated heterocycles. The molecule has 0 saturated carbocycles. The third kappa shape index (κ3) is 8.69. The van der Waals surface area contributed by atoms with Gasteiger partial charge in [0.15, 0.2) is 5.96 Å². The number of halogens is 1. The Bertz CT molecular complexity index is 531. The van der Waals surface area contributed by atoms with Crippen molar-refractivity contribution in [3.63, 3.8) is 0 Å². The molecule has 0 amide bonds. The van der Waals surface area contributed by atoms with Gasteiger partial charge >= 0.3 is 0 Å². The highest BCUT2D eigenvalue weighted by Crippen LogP contribution is 2.24. The third-order valence-corrected chi connectivity index (χ3v) is 5.11. The number of furan rings is 1. The van der Waals surface area contributed by atoms with Gasteiger partial charge in [-0.2, -0.15) is 0 Å². The Kier molecular flexibility index (Phi) is 12.8. The van der Waals surface area contributed by atoms with Crippen molar-refractivity contribution in [1.82, 2.24) is 15.5 Å². The number of nitrogens with one attached hydrogen (secondary N) is 2. The van der Waals surface area contributed by atoms with Gasteiger partial charge < -0.3 is 20.2 Å². The summed E-state index contributed by atoms with van der Waals surface area (Å²) in [6, 6.07) is 4.26. The van der Waals surface area contributed by atoms with Gasteiger partial charge in [-0.15, -0.1) is 24.0 Å². The summed E-state index contributed by atoms with van der Waals surface area (Å²) in [5.41, 5.74) is 0. The summed E-state index contributed by atoms with van der Waals surface area (Å²) < 4.78 is 5.70. The molecule has 0 spiro atoms. The summed E-state index contributed by atoms with van der Waals surface area (Å²) in [6.07, 6.45) is 6.16. The molecule has 162 valence electrons. The van der Waals surface area contributed by atoms with Gasteiger partial charge in [0, 0.05) is 26.2 Å². The predicted molar refractivity (Wildman–Crippen MR) is 126 cm³/mol. The Hall–Kier alpha value is -0.800. The van der Waals surface area contributed by atoms with Crippen LogP contribution in [0.5, 0.6) is 0 Å². The maximum Gasteiger partial charge on any atom is 0.191 e. The molecule has 1 fully saturated rings. The molecule has 3 N–H and O–H groups in total. The average molecular weight is 506 g/mol. The number of guanidine groups is 1. The topological polar surface area (TPSA) is 73.0 Å². The van der Waals surface area contributed by atoms with E-state index in [0.29, 0.717) is 11.8 Å². The van der Waals surface area contributed by atoms with E-state index in [-0.39, 0.29) is 36.6 Å². The van der Waals surface area contributed by atoms with Crippen LogP contribution in [0.4, 0.5) is 0 Å². The first-order chi connectivity index (χ1) is 13.1. The zero-order chi connectivity index (χ0) is 19.5. The molecule has 1 aliphatic rings. The Balaban J connectivity index is 0.00000392. The van der Waals surface area contributed by atoms with Crippen LogP contribution >= 0.6 is 24.0 Å². The van der Waals surface area contributed by atoms with Crippen LogP contribution in [0, 0.1) is 11.8 Å². The third-order valence-electron chi connectivity index (χ3n) is 5.11. The fourth-order valence-corrected chi connectivity index (χ4v) is 3.83. The molecule has 1 aromatic heterocycles. The van der Waals surface area contributed by atoms with Gasteiger partial charge in [-0.1, -0.05) is 13.8 Å². The van der Waals surface area contributed by atoms with E-state index < -0.39 is 0 Å². The first kappa shape index (κ1) is 25.2. The van der Waals surface area contributed by atoms with E-state index in [1.54, 1.807) is 6.26 Å². The van der Waals surface area contributed by atoms with Crippen molar-refractivity contribution in [2.24, 2.45) is 16.8 Å². The maximum atomic E-state index is 9.33. The van der Waals surface area contributed by atoms with Gasteiger partial charge in [-0.25, -0.2) is 0 Å². The van der Waals surface area contributed by atoms with E-state index in [1.165, 1.54) is 12.8 Å². The van der Waals surface area contributed by atoms with Crippen LogP contribution in [0.15, 0.2) is 27.8 Å². The van der Waals surface area contributed by atoms with Crippen LogP contribution in [0.25, 0.3) is 0 Å². The van der Waals surface area contributed by atoms with Gasteiger partial charge in [-0.05, 0) is 69.7 Å². The lowest BCUT2D eigenvalue weighted by atomic mass is 9.94. The van der Waals surface area contributed by atoms with E-state index in [2.05, 4.69) is 42.4 Å². The lowest BCUT2D eigenvalue weighted by Gasteiger charge is -2.27. The predicted octanol–water partition coefficient (Wildman–Crippen LogP) is 3.63. The lowest BCUT2D eigenvalue weighted by molar-refractivity contribution is 0.215. The number of aliphatic hydroxyl groups excluding tert-OH is 1. The Morgan fingerprint density at radius 1 is 1.29 bits per heavy atom. The van der Waals surface area contributed by atoms with Crippen molar-refractivity contribution in [3.8, 4) is 0 Å². The molecule has 2 atom stereocenters. The van der Waals surface area contributed by atoms with Crippen LogP contribution in [-0.4, -0.2) is 55.3 Å². The molecular weight excluding hydrogens is 467 g/mol. The van der Waals surface area contributed by atoms with E-state index >= 15 is 0 Å². The highest BCUT2D eigenvalue weighted by Gasteiger charge is 2.25. The molecule has 1 aliphatic heterocycles. The minimum Gasteiger partial charge on any atom is -0.468 e. The average Bonchev–Trinajstić information content (AvgIpc) is 3.33. The molecular formula is C21H39IN4O2. The molecule has 2 unspecified atom stereocenters. The Morgan fingerprint density at radius 2 is 2.04 bits per heavy atom. The number of aliphatic hydroxyl groups is 1. The summed E-state index contributed by atoms with van der Waals surface area (Å²) in [4.78, 5) is 7.29. The first-order valence-corrected chi connectivity index (χ1v) is 10.5. The fraction of sp³-hybridized carbons (Fsp3) is 0.762. The normalized spacial score (nSPS) is 17.4. The number of likely N-dealkylation sites (tertiary alicyclic amines) is 1. The molecule has 7 heteroatoms. The fourth-order valence-electron chi connectivity index (χ4n) is 3.83. The molecule has 1 aromatic rings. The molecule has 28 heavy (non-hydrogen) atoms. The SMILES string of the molecule is CCNC(=NCC(CCO)CC(C)C)NCC(c1ccco1)N1CCCC1.I. The summed E-state index contributed by atoms with van der Waals surface area (Å²) >= 11 is 0. The van der Waals surface area contributed by atoms with Crippen molar-refractivity contribution in [2.75, 3.05) is 39.3 Å². The number of rotatable bonds is 11. The summed E-state index contributed by atoms with van der Waals surface area (Å²) in [7, 11) is 0. The van der Waals surface area contributed by atoms with Gasteiger partial charge in [-0.3, -0.25) is 9.89 Å². The highest BCUT2D eigenvalue weighted by atomic mass is 127. The van der Waals surface area contributed by atoms with Crippen molar-refractivity contribution in [2.45, 2.75) is 52.5 Å². The summed E-state index contributed by atoms with van der Waals surface area (Å²) in [6.45, 7) is 11.3. The molecule has 0 aliphatic carbocycles. The van der Waals surface area contributed by atoms with Crippen molar-refractivity contribution >= 4 is 29.9 Å². The molecule has 0 bridgehead atoms. The molecule has 0 aromatic carbocycles. The zero-order valence-corrected chi connectivity index (χ0v) is 20.0. The molecule has 2 rings (SSSR count). The van der Waals surface area contributed by atoms with E-state index in [0.717, 1.165) is 57.3 Å². The highest BCUT2D eigenvalue weighted by molar-refractivity contribution is 14.0. The first-order valence-electron chi connectivity index (χ1n) is 10.5. The van der Waals surface area contributed by atoms with Crippen molar-refractivity contribution in [3.05, 3.63) is 24.2 Å². The molecule has 0 radical (unpaired) electrons. The van der Waals surface area contributed by atoms with E-state index in [4.69, 9.17) is 9.41 Å². The Morgan fingerprint density at radius 3 is 2.61 bits per heavy atom. The monoisotopic (exact) mass is 506 g/mol. The molecule has 2 heterocycles. The van der Waals surface area contributed by atoms with Crippen LogP contribution in [0.2, 0.25) is 0 Å². The van der Waals surface area contributed by atoms with Crippen LogP contribution in [0.1, 0.15) is 58.3 Å². The summed E-state index contributed by atoms with van der Waals surface area (Å²) in [5, 5.41) is 16.2. The maximum absolute atomic E-state index is 9.33.